The summed E-state index contributed by atoms with van der Waals surface area (Å²) in [5.74, 6) is 0.0247. The maximum absolute atomic E-state index is 13.0. The molecule has 5 nitrogen and oxygen atoms in total. The number of nitrogens with one attached hydrogen (secondary N) is 1. The highest BCUT2D eigenvalue weighted by molar-refractivity contribution is 9.10. The second-order valence-electron chi connectivity index (χ2n) is 6.24. The van der Waals surface area contributed by atoms with Crippen LogP contribution in [0.4, 0.5) is 0 Å². The number of hydrogen-bond acceptors (Lipinski definition) is 3. The fourth-order valence-electron chi connectivity index (χ4n) is 2.94. The number of rotatable bonds is 4. The van der Waals surface area contributed by atoms with Crippen molar-refractivity contribution >= 4 is 33.8 Å². The molecule has 0 spiro atoms. The van der Waals surface area contributed by atoms with Crippen molar-refractivity contribution in [1.29, 1.82) is 0 Å². The van der Waals surface area contributed by atoms with Crippen molar-refractivity contribution in [2.45, 2.75) is 25.7 Å². The molecular formula is C20H21BrN2O3. The SMILES string of the molecule is O=C(N/C(=C\c1ccco1)C(=O)N1CCCCCC1)c1cccc(Br)c1. The summed E-state index contributed by atoms with van der Waals surface area (Å²) in [6.45, 7) is 1.42. The van der Waals surface area contributed by atoms with E-state index in [0.717, 1.165) is 30.2 Å². The zero-order valence-electron chi connectivity index (χ0n) is 14.4. The van der Waals surface area contributed by atoms with Crippen LogP contribution in [0.2, 0.25) is 0 Å². The van der Waals surface area contributed by atoms with Gasteiger partial charge in [0.15, 0.2) is 0 Å². The molecule has 0 unspecified atom stereocenters. The number of carbonyl (C=O) groups is 2. The number of likely N-dealkylation sites (tertiary alicyclic amines) is 1. The molecule has 1 N–H and O–H groups in total. The Kier molecular flexibility index (Phi) is 6.28. The molecule has 0 aliphatic carbocycles. The highest BCUT2D eigenvalue weighted by atomic mass is 79.9. The summed E-state index contributed by atoms with van der Waals surface area (Å²) in [5, 5.41) is 2.77. The lowest BCUT2D eigenvalue weighted by molar-refractivity contribution is -0.127. The molecule has 26 heavy (non-hydrogen) atoms. The molecule has 1 aliphatic rings. The van der Waals surface area contributed by atoms with Crippen molar-refractivity contribution in [2.75, 3.05) is 13.1 Å². The number of amides is 2. The van der Waals surface area contributed by atoms with Crippen molar-refractivity contribution in [3.8, 4) is 0 Å². The second kappa shape index (κ2) is 8.85. The van der Waals surface area contributed by atoms with Gasteiger partial charge in [-0.15, -0.1) is 0 Å². The van der Waals surface area contributed by atoms with Gasteiger partial charge in [-0.25, -0.2) is 0 Å². The third-order valence-electron chi connectivity index (χ3n) is 4.29. The fraction of sp³-hybridized carbons (Fsp3) is 0.300. The van der Waals surface area contributed by atoms with E-state index in [0.29, 0.717) is 24.4 Å². The van der Waals surface area contributed by atoms with E-state index in [9.17, 15) is 9.59 Å². The summed E-state index contributed by atoms with van der Waals surface area (Å²) >= 11 is 3.36. The second-order valence-corrected chi connectivity index (χ2v) is 7.16. The first kappa shape index (κ1) is 18.5. The first-order valence-electron chi connectivity index (χ1n) is 8.75. The standard InChI is InChI=1S/C20H21BrN2O3/c21-16-8-5-7-15(13-16)19(24)22-18(14-17-9-6-12-26-17)20(25)23-10-3-1-2-4-11-23/h5-9,12-14H,1-4,10-11H2,(H,22,24)/b18-14-. The quantitative estimate of drug-likeness (QED) is 0.758. The number of furan rings is 1. The lowest BCUT2D eigenvalue weighted by Gasteiger charge is -2.22. The van der Waals surface area contributed by atoms with E-state index in [2.05, 4.69) is 21.2 Å². The van der Waals surface area contributed by atoms with Gasteiger partial charge < -0.3 is 14.6 Å². The minimum Gasteiger partial charge on any atom is -0.465 e. The predicted octanol–water partition coefficient (Wildman–Crippen LogP) is 4.22. The Balaban J connectivity index is 1.83. The highest BCUT2D eigenvalue weighted by Crippen LogP contribution is 2.16. The van der Waals surface area contributed by atoms with Gasteiger partial charge in [0.2, 0.25) is 0 Å². The van der Waals surface area contributed by atoms with Crippen molar-refractivity contribution in [1.82, 2.24) is 10.2 Å². The molecular weight excluding hydrogens is 396 g/mol. The molecule has 0 bridgehead atoms. The highest BCUT2D eigenvalue weighted by Gasteiger charge is 2.22. The molecule has 1 aromatic heterocycles. The number of nitrogens with zero attached hydrogens (tertiary/aromatic N) is 1. The van der Waals surface area contributed by atoms with Gasteiger partial charge in [-0.1, -0.05) is 34.8 Å². The Hall–Kier alpha value is -2.34. The first-order valence-corrected chi connectivity index (χ1v) is 9.54. The lowest BCUT2D eigenvalue weighted by Crippen LogP contribution is -2.39. The van der Waals surface area contributed by atoms with E-state index in [4.69, 9.17) is 4.42 Å². The zero-order valence-corrected chi connectivity index (χ0v) is 16.0. The van der Waals surface area contributed by atoms with Crippen molar-refractivity contribution in [3.63, 3.8) is 0 Å². The monoisotopic (exact) mass is 416 g/mol. The van der Waals surface area contributed by atoms with Gasteiger partial charge in [-0.2, -0.15) is 0 Å². The molecule has 1 aromatic carbocycles. The molecule has 1 fully saturated rings. The molecule has 1 saturated heterocycles. The summed E-state index contributed by atoms with van der Waals surface area (Å²) < 4.78 is 6.13. The first-order chi connectivity index (χ1) is 12.6. The number of carbonyl (C=O) groups excluding carboxylic acids is 2. The van der Waals surface area contributed by atoms with Gasteiger partial charge in [0.05, 0.1) is 6.26 Å². The van der Waals surface area contributed by atoms with Gasteiger partial charge in [0.25, 0.3) is 11.8 Å². The molecule has 136 valence electrons. The Bertz CT molecular complexity index is 791. The predicted molar refractivity (Wildman–Crippen MR) is 103 cm³/mol. The average molecular weight is 417 g/mol. The van der Waals surface area contributed by atoms with Gasteiger partial charge in [-0.3, -0.25) is 9.59 Å². The number of hydrogen-bond donors (Lipinski definition) is 1. The largest absolute Gasteiger partial charge is 0.465 e. The molecule has 1 aliphatic heterocycles. The summed E-state index contributed by atoms with van der Waals surface area (Å²) in [6.07, 6.45) is 7.36. The molecule has 2 aromatic rings. The molecule has 0 radical (unpaired) electrons. The molecule has 0 saturated carbocycles. The zero-order chi connectivity index (χ0) is 18.4. The van der Waals surface area contributed by atoms with Crippen LogP contribution in [0.5, 0.6) is 0 Å². The van der Waals surface area contributed by atoms with Crippen molar-refractivity contribution < 1.29 is 14.0 Å². The summed E-state index contributed by atoms with van der Waals surface area (Å²) in [6, 6.07) is 10.6. The van der Waals surface area contributed by atoms with Crippen LogP contribution in [-0.4, -0.2) is 29.8 Å². The van der Waals surface area contributed by atoms with E-state index in [1.54, 1.807) is 36.4 Å². The van der Waals surface area contributed by atoms with Gasteiger partial charge in [-0.05, 0) is 43.2 Å². The van der Waals surface area contributed by atoms with E-state index in [1.807, 2.05) is 11.0 Å². The van der Waals surface area contributed by atoms with Crippen LogP contribution in [0.15, 0.2) is 57.2 Å². The molecule has 6 heteroatoms. The van der Waals surface area contributed by atoms with Gasteiger partial charge >= 0.3 is 0 Å². The molecule has 0 atom stereocenters. The fourth-order valence-corrected chi connectivity index (χ4v) is 3.33. The average Bonchev–Trinajstić information content (AvgIpc) is 3.00. The Morgan fingerprint density at radius 3 is 2.50 bits per heavy atom. The third-order valence-corrected chi connectivity index (χ3v) is 4.78. The van der Waals surface area contributed by atoms with Crippen LogP contribution < -0.4 is 5.32 Å². The van der Waals surface area contributed by atoms with Crippen molar-refractivity contribution in [2.24, 2.45) is 0 Å². The van der Waals surface area contributed by atoms with E-state index < -0.39 is 0 Å². The van der Waals surface area contributed by atoms with Crippen LogP contribution in [0, 0.1) is 0 Å². The molecule has 2 heterocycles. The van der Waals surface area contributed by atoms with E-state index in [1.165, 1.54) is 6.26 Å². The number of halogens is 1. The topological polar surface area (TPSA) is 62.6 Å². The van der Waals surface area contributed by atoms with Crippen LogP contribution >= 0.6 is 15.9 Å². The molecule has 2 amide bonds. The normalized spacial score (nSPS) is 15.4. The van der Waals surface area contributed by atoms with Gasteiger partial charge in [0.1, 0.15) is 11.5 Å². The summed E-state index contributed by atoms with van der Waals surface area (Å²) in [5.41, 5.74) is 0.709. The Morgan fingerprint density at radius 2 is 1.85 bits per heavy atom. The van der Waals surface area contributed by atoms with Crippen LogP contribution in [0.1, 0.15) is 41.8 Å². The Morgan fingerprint density at radius 1 is 1.08 bits per heavy atom. The van der Waals surface area contributed by atoms with E-state index >= 15 is 0 Å². The minimum atomic E-state index is -0.327. The Labute approximate surface area is 161 Å². The van der Waals surface area contributed by atoms with Gasteiger partial charge in [0, 0.05) is 29.2 Å². The summed E-state index contributed by atoms with van der Waals surface area (Å²) in [7, 11) is 0. The smallest absolute Gasteiger partial charge is 0.270 e. The summed E-state index contributed by atoms with van der Waals surface area (Å²) in [4.78, 5) is 27.4. The molecule has 3 rings (SSSR count). The maximum atomic E-state index is 13.0. The number of benzene rings is 1. The van der Waals surface area contributed by atoms with Crippen LogP contribution in [0.25, 0.3) is 6.08 Å². The van der Waals surface area contributed by atoms with Crippen LogP contribution in [0.3, 0.4) is 0 Å². The lowest BCUT2D eigenvalue weighted by atomic mass is 10.2. The van der Waals surface area contributed by atoms with Crippen LogP contribution in [-0.2, 0) is 4.79 Å². The van der Waals surface area contributed by atoms with E-state index in [-0.39, 0.29) is 17.5 Å². The third kappa shape index (κ3) is 4.85. The maximum Gasteiger partial charge on any atom is 0.270 e. The van der Waals surface area contributed by atoms with Crippen molar-refractivity contribution in [3.05, 3.63) is 64.2 Å². The minimum absolute atomic E-state index is 0.174.